The van der Waals surface area contributed by atoms with E-state index >= 15 is 0 Å². The highest BCUT2D eigenvalue weighted by Crippen LogP contribution is 2.27. The van der Waals surface area contributed by atoms with Crippen molar-refractivity contribution in [2.75, 3.05) is 26.8 Å². The molecule has 0 aromatic heterocycles. The van der Waals surface area contributed by atoms with Crippen molar-refractivity contribution in [1.29, 1.82) is 0 Å². The summed E-state index contributed by atoms with van der Waals surface area (Å²) in [6.45, 7) is 2.04. The van der Waals surface area contributed by atoms with Crippen molar-refractivity contribution in [3.05, 3.63) is 23.8 Å². The first-order chi connectivity index (χ1) is 11.8. The standard InChI is InChI=1S/C16H20N2O6S/c1-11-9-13(3-4-14(11)23-2)25(21,22)17-7-5-12(6-8-17)18-15(19)10-24-16(18)20/h3-4,9,12H,5-8,10H2,1-2H3. The molecule has 2 heterocycles. The highest BCUT2D eigenvalue weighted by Gasteiger charge is 2.40. The topological polar surface area (TPSA) is 93.2 Å². The van der Waals surface area contributed by atoms with Crippen molar-refractivity contribution >= 4 is 22.0 Å². The number of ether oxygens (including phenoxy) is 2. The number of rotatable bonds is 4. The fourth-order valence-corrected chi connectivity index (χ4v) is 4.77. The number of aryl methyl sites for hydroxylation is 1. The van der Waals surface area contributed by atoms with Gasteiger partial charge in [0.05, 0.1) is 12.0 Å². The van der Waals surface area contributed by atoms with Crippen LogP contribution in [0.1, 0.15) is 18.4 Å². The molecule has 2 saturated heterocycles. The summed E-state index contributed by atoms with van der Waals surface area (Å²) < 4.78 is 36.9. The van der Waals surface area contributed by atoms with Gasteiger partial charge < -0.3 is 9.47 Å². The molecule has 9 heteroatoms. The zero-order chi connectivity index (χ0) is 18.2. The molecule has 2 aliphatic heterocycles. The molecule has 0 aliphatic carbocycles. The van der Waals surface area contributed by atoms with Gasteiger partial charge in [0.15, 0.2) is 6.61 Å². The molecular formula is C16H20N2O6S. The molecule has 0 saturated carbocycles. The zero-order valence-electron chi connectivity index (χ0n) is 14.1. The molecule has 0 radical (unpaired) electrons. The Morgan fingerprint density at radius 1 is 1.20 bits per heavy atom. The third kappa shape index (κ3) is 3.21. The number of amides is 2. The van der Waals surface area contributed by atoms with E-state index in [2.05, 4.69) is 0 Å². The van der Waals surface area contributed by atoms with Crippen LogP contribution in [0.15, 0.2) is 23.1 Å². The number of nitrogens with zero attached hydrogens (tertiary/aromatic N) is 2. The van der Waals surface area contributed by atoms with Gasteiger partial charge in [0.2, 0.25) is 10.0 Å². The van der Waals surface area contributed by atoms with Gasteiger partial charge in [0.1, 0.15) is 5.75 Å². The summed E-state index contributed by atoms with van der Waals surface area (Å²) in [5.41, 5.74) is 0.740. The molecule has 2 aliphatic rings. The Balaban J connectivity index is 1.72. The molecule has 1 aromatic carbocycles. The van der Waals surface area contributed by atoms with Crippen LogP contribution in [0.3, 0.4) is 0 Å². The summed E-state index contributed by atoms with van der Waals surface area (Å²) in [6.07, 6.45) is 0.154. The number of benzene rings is 1. The number of imide groups is 1. The van der Waals surface area contributed by atoms with Gasteiger partial charge in [-0.3, -0.25) is 4.79 Å². The van der Waals surface area contributed by atoms with E-state index < -0.39 is 16.1 Å². The summed E-state index contributed by atoms with van der Waals surface area (Å²) in [6, 6.07) is 4.43. The summed E-state index contributed by atoms with van der Waals surface area (Å²) in [5.74, 6) is 0.265. The Kier molecular flexibility index (Phi) is 4.70. The smallest absolute Gasteiger partial charge is 0.417 e. The second-order valence-corrected chi connectivity index (χ2v) is 8.02. The van der Waals surface area contributed by atoms with Gasteiger partial charge in [0.25, 0.3) is 5.91 Å². The highest BCUT2D eigenvalue weighted by molar-refractivity contribution is 7.89. The number of piperidine rings is 1. The number of sulfonamides is 1. The maximum atomic E-state index is 12.8. The largest absolute Gasteiger partial charge is 0.496 e. The minimum absolute atomic E-state index is 0.209. The lowest BCUT2D eigenvalue weighted by Crippen LogP contribution is -2.48. The van der Waals surface area contributed by atoms with E-state index in [9.17, 15) is 18.0 Å². The monoisotopic (exact) mass is 368 g/mol. The van der Waals surface area contributed by atoms with Gasteiger partial charge in [0, 0.05) is 19.1 Å². The van der Waals surface area contributed by atoms with E-state index in [0.717, 1.165) is 10.5 Å². The van der Waals surface area contributed by atoms with Gasteiger partial charge in [-0.25, -0.2) is 18.1 Å². The second kappa shape index (κ2) is 6.64. The van der Waals surface area contributed by atoms with Gasteiger partial charge in [-0.05, 0) is 43.5 Å². The fourth-order valence-electron chi connectivity index (χ4n) is 3.22. The van der Waals surface area contributed by atoms with Crippen LogP contribution in [0.2, 0.25) is 0 Å². The average Bonchev–Trinajstić information content (AvgIpc) is 2.93. The maximum absolute atomic E-state index is 12.8. The third-order valence-corrected chi connectivity index (χ3v) is 6.47. The number of hydrogen-bond donors (Lipinski definition) is 0. The lowest BCUT2D eigenvalue weighted by Gasteiger charge is -2.34. The zero-order valence-corrected chi connectivity index (χ0v) is 14.9. The molecule has 0 bridgehead atoms. The minimum atomic E-state index is -3.63. The fraction of sp³-hybridized carbons (Fsp3) is 0.500. The molecule has 0 unspecified atom stereocenters. The lowest BCUT2D eigenvalue weighted by molar-refractivity contribution is -0.127. The predicted molar refractivity (Wildman–Crippen MR) is 87.7 cm³/mol. The number of carbonyl (C=O) groups excluding carboxylic acids is 2. The molecule has 1 aromatic rings. The first-order valence-corrected chi connectivity index (χ1v) is 9.42. The molecule has 3 rings (SSSR count). The molecule has 0 atom stereocenters. The number of methoxy groups -OCH3 is 1. The van der Waals surface area contributed by atoms with Crippen molar-refractivity contribution in [2.24, 2.45) is 0 Å². The quantitative estimate of drug-likeness (QED) is 0.791. The van der Waals surface area contributed by atoms with E-state index in [-0.39, 0.29) is 36.5 Å². The third-order valence-electron chi connectivity index (χ3n) is 4.58. The van der Waals surface area contributed by atoms with Crippen LogP contribution >= 0.6 is 0 Å². The average molecular weight is 368 g/mol. The Hall–Kier alpha value is -2.13. The van der Waals surface area contributed by atoms with Crippen LogP contribution in [0.5, 0.6) is 5.75 Å². The summed E-state index contributed by atoms with van der Waals surface area (Å²) in [4.78, 5) is 24.7. The van der Waals surface area contributed by atoms with Crippen molar-refractivity contribution in [2.45, 2.75) is 30.7 Å². The minimum Gasteiger partial charge on any atom is -0.496 e. The first-order valence-electron chi connectivity index (χ1n) is 7.98. The van der Waals surface area contributed by atoms with E-state index in [4.69, 9.17) is 9.47 Å². The predicted octanol–water partition coefficient (Wildman–Crippen LogP) is 1.14. The first kappa shape index (κ1) is 17.7. The molecule has 2 amide bonds. The van der Waals surface area contributed by atoms with Crippen LogP contribution in [0.4, 0.5) is 4.79 Å². The Labute approximate surface area is 146 Å². The van der Waals surface area contributed by atoms with Gasteiger partial charge in [-0.1, -0.05) is 0 Å². The highest BCUT2D eigenvalue weighted by atomic mass is 32.2. The van der Waals surface area contributed by atoms with Crippen LogP contribution in [0.25, 0.3) is 0 Å². The normalized spacial score (nSPS) is 20.0. The molecule has 8 nitrogen and oxygen atoms in total. The van der Waals surface area contributed by atoms with E-state index in [1.54, 1.807) is 19.1 Å². The Morgan fingerprint density at radius 3 is 2.40 bits per heavy atom. The molecule has 136 valence electrons. The van der Waals surface area contributed by atoms with E-state index in [1.807, 2.05) is 0 Å². The van der Waals surface area contributed by atoms with Crippen molar-refractivity contribution in [3.8, 4) is 5.75 Å². The van der Waals surface area contributed by atoms with Crippen molar-refractivity contribution in [1.82, 2.24) is 9.21 Å². The van der Waals surface area contributed by atoms with Crippen molar-refractivity contribution in [3.63, 3.8) is 0 Å². The summed E-state index contributed by atoms with van der Waals surface area (Å²) in [7, 11) is -2.09. The number of cyclic esters (lactones) is 1. The second-order valence-electron chi connectivity index (χ2n) is 6.09. The SMILES string of the molecule is COc1ccc(S(=O)(=O)N2CCC(N3C(=O)COC3=O)CC2)cc1C. The lowest BCUT2D eigenvalue weighted by atomic mass is 10.1. The Morgan fingerprint density at radius 2 is 1.88 bits per heavy atom. The molecular weight excluding hydrogens is 348 g/mol. The Bertz CT molecular complexity index is 783. The number of carbonyl (C=O) groups is 2. The molecule has 25 heavy (non-hydrogen) atoms. The number of hydrogen-bond acceptors (Lipinski definition) is 6. The molecule has 2 fully saturated rings. The van der Waals surface area contributed by atoms with Crippen LogP contribution in [0, 0.1) is 6.92 Å². The van der Waals surface area contributed by atoms with Crippen LogP contribution < -0.4 is 4.74 Å². The van der Waals surface area contributed by atoms with Crippen LogP contribution in [-0.2, 0) is 19.6 Å². The van der Waals surface area contributed by atoms with E-state index in [1.165, 1.54) is 17.5 Å². The summed E-state index contributed by atoms with van der Waals surface area (Å²) >= 11 is 0. The maximum Gasteiger partial charge on any atom is 0.417 e. The summed E-state index contributed by atoms with van der Waals surface area (Å²) in [5, 5.41) is 0. The van der Waals surface area contributed by atoms with Gasteiger partial charge in [-0.2, -0.15) is 4.31 Å². The van der Waals surface area contributed by atoms with E-state index in [0.29, 0.717) is 18.6 Å². The van der Waals surface area contributed by atoms with Crippen LogP contribution in [-0.4, -0.2) is 62.5 Å². The molecule has 0 N–H and O–H groups in total. The van der Waals surface area contributed by atoms with Crippen molar-refractivity contribution < 1.29 is 27.5 Å². The molecule has 0 spiro atoms. The van der Waals surface area contributed by atoms with Gasteiger partial charge >= 0.3 is 6.09 Å². The van der Waals surface area contributed by atoms with Gasteiger partial charge in [-0.15, -0.1) is 0 Å².